The zero-order valence-corrected chi connectivity index (χ0v) is 17.2. The van der Waals surface area contributed by atoms with Gasteiger partial charge < -0.3 is 14.2 Å². The molecule has 0 fully saturated rings. The predicted molar refractivity (Wildman–Crippen MR) is 105 cm³/mol. The summed E-state index contributed by atoms with van der Waals surface area (Å²) in [6, 6.07) is 7.33. The molecule has 2 rings (SSSR count). The smallest absolute Gasteiger partial charge is 0.276 e. The first-order valence-corrected chi connectivity index (χ1v) is 9.95. The molecule has 2 aromatic rings. The molecule has 0 spiro atoms. The van der Waals surface area contributed by atoms with Gasteiger partial charge in [-0.1, -0.05) is 23.2 Å². The lowest BCUT2D eigenvalue weighted by Gasteiger charge is -2.10. The zero-order chi connectivity index (χ0) is 20.0. The molecule has 0 radical (unpaired) electrons. The Morgan fingerprint density at radius 2 is 1.70 bits per heavy atom. The number of methoxy groups -OCH3 is 2. The lowest BCUT2D eigenvalue weighted by atomic mass is 10.2. The Balaban J connectivity index is 2.20. The lowest BCUT2D eigenvalue weighted by molar-refractivity contribution is 0.340. The monoisotopic (exact) mass is 432 g/mol. The van der Waals surface area contributed by atoms with Crippen molar-refractivity contribution >= 4 is 39.4 Å². The van der Waals surface area contributed by atoms with Crippen molar-refractivity contribution in [3.8, 4) is 17.2 Å². The highest BCUT2D eigenvalue weighted by molar-refractivity contribution is 7.89. The molecule has 0 aliphatic heterocycles. The van der Waals surface area contributed by atoms with Crippen molar-refractivity contribution in [2.45, 2.75) is 11.8 Å². The number of sulfonamides is 1. The van der Waals surface area contributed by atoms with Crippen LogP contribution < -0.4 is 19.0 Å². The van der Waals surface area contributed by atoms with Crippen LogP contribution in [0, 0.1) is 0 Å². The van der Waals surface area contributed by atoms with E-state index in [9.17, 15) is 8.42 Å². The van der Waals surface area contributed by atoms with Gasteiger partial charge in [0.25, 0.3) is 10.0 Å². The number of nitrogens with zero attached hydrogens (tertiary/aromatic N) is 1. The second-order valence-corrected chi connectivity index (χ2v) is 7.59. The molecule has 0 aliphatic carbocycles. The SMILES string of the molecule is CCOc1c(Cl)cc(/C=N/NS(=O)(=O)c2ccc(OC)c(OC)c2)cc1Cl. The molecule has 10 heteroatoms. The molecule has 0 unspecified atom stereocenters. The van der Waals surface area contributed by atoms with Gasteiger partial charge in [0.1, 0.15) is 0 Å². The van der Waals surface area contributed by atoms with Crippen molar-refractivity contribution in [1.82, 2.24) is 4.83 Å². The molecule has 0 heterocycles. The standard InChI is InChI=1S/C17H18Cl2N2O5S/c1-4-26-17-13(18)7-11(8-14(17)19)10-20-21-27(22,23)12-5-6-15(24-2)16(9-12)25-3/h5-10,21H,4H2,1-3H3/b20-10+. The van der Waals surface area contributed by atoms with E-state index in [1.807, 2.05) is 6.92 Å². The van der Waals surface area contributed by atoms with Gasteiger partial charge in [-0.15, -0.1) is 0 Å². The van der Waals surface area contributed by atoms with E-state index in [1.165, 1.54) is 38.6 Å². The lowest BCUT2D eigenvalue weighted by Crippen LogP contribution is -2.18. The van der Waals surface area contributed by atoms with Crippen LogP contribution in [-0.2, 0) is 10.0 Å². The second-order valence-electron chi connectivity index (χ2n) is 5.12. The maximum Gasteiger partial charge on any atom is 0.276 e. The third-order valence-electron chi connectivity index (χ3n) is 3.36. The van der Waals surface area contributed by atoms with Crippen molar-refractivity contribution in [3.05, 3.63) is 45.9 Å². The summed E-state index contributed by atoms with van der Waals surface area (Å²) >= 11 is 12.2. The minimum Gasteiger partial charge on any atom is -0.493 e. The van der Waals surface area contributed by atoms with Crippen molar-refractivity contribution in [2.24, 2.45) is 5.10 Å². The predicted octanol–water partition coefficient (Wildman–Crippen LogP) is 3.72. The average Bonchev–Trinajstić information content (AvgIpc) is 2.64. The number of ether oxygens (including phenoxy) is 3. The molecular formula is C17H18Cl2N2O5S. The molecule has 2 aromatic carbocycles. The molecule has 7 nitrogen and oxygen atoms in total. The summed E-state index contributed by atoms with van der Waals surface area (Å²) in [7, 11) is -1.02. The summed E-state index contributed by atoms with van der Waals surface area (Å²) in [5, 5.41) is 4.35. The van der Waals surface area contributed by atoms with E-state index >= 15 is 0 Å². The van der Waals surface area contributed by atoms with Gasteiger partial charge in [0.05, 0.1) is 42.0 Å². The van der Waals surface area contributed by atoms with Crippen LogP contribution in [0.4, 0.5) is 0 Å². The number of benzene rings is 2. The van der Waals surface area contributed by atoms with Gasteiger partial charge in [0, 0.05) is 6.07 Å². The van der Waals surface area contributed by atoms with E-state index in [0.717, 1.165) is 0 Å². The molecule has 146 valence electrons. The zero-order valence-electron chi connectivity index (χ0n) is 14.8. The van der Waals surface area contributed by atoms with Gasteiger partial charge in [-0.2, -0.15) is 13.5 Å². The summed E-state index contributed by atoms with van der Waals surface area (Å²) in [6.45, 7) is 2.23. The number of nitrogens with one attached hydrogen (secondary N) is 1. The molecule has 0 aromatic heterocycles. The van der Waals surface area contributed by atoms with Crippen LogP contribution in [0.3, 0.4) is 0 Å². The number of hydrogen-bond acceptors (Lipinski definition) is 6. The highest BCUT2D eigenvalue weighted by atomic mass is 35.5. The maximum absolute atomic E-state index is 12.4. The minimum absolute atomic E-state index is 0.0277. The fourth-order valence-corrected chi connectivity index (χ4v) is 3.56. The van der Waals surface area contributed by atoms with E-state index in [-0.39, 0.29) is 10.6 Å². The van der Waals surface area contributed by atoms with Crippen molar-refractivity contribution < 1.29 is 22.6 Å². The quantitative estimate of drug-likeness (QED) is 0.507. The van der Waals surface area contributed by atoms with Crippen LogP contribution in [0.2, 0.25) is 10.0 Å². The molecule has 0 saturated carbocycles. The molecule has 0 amide bonds. The normalized spacial score (nSPS) is 11.4. The number of hydrazone groups is 1. The Morgan fingerprint density at radius 3 is 2.26 bits per heavy atom. The largest absolute Gasteiger partial charge is 0.493 e. The Morgan fingerprint density at radius 1 is 1.07 bits per heavy atom. The molecular weight excluding hydrogens is 415 g/mol. The molecule has 0 aliphatic rings. The van der Waals surface area contributed by atoms with Crippen molar-refractivity contribution in [3.63, 3.8) is 0 Å². The second kappa shape index (κ2) is 9.16. The topological polar surface area (TPSA) is 86.2 Å². The number of rotatable bonds is 8. The fraction of sp³-hybridized carbons (Fsp3) is 0.235. The fourth-order valence-electron chi connectivity index (χ4n) is 2.14. The highest BCUT2D eigenvalue weighted by Crippen LogP contribution is 2.34. The van der Waals surface area contributed by atoms with Crippen molar-refractivity contribution in [2.75, 3.05) is 20.8 Å². The minimum atomic E-state index is -3.90. The van der Waals surface area contributed by atoms with E-state index in [4.69, 9.17) is 37.4 Å². The van der Waals surface area contributed by atoms with E-state index < -0.39 is 10.0 Å². The van der Waals surface area contributed by atoms with Crippen molar-refractivity contribution in [1.29, 1.82) is 0 Å². The van der Waals surface area contributed by atoms with Gasteiger partial charge in [0.15, 0.2) is 17.2 Å². The van der Waals surface area contributed by atoms with Gasteiger partial charge in [-0.25, -0.2) is 4.83 Å². The third kappa shape index (κ3) is 5.18. The Hall–Kier alpha value is -2.16. The van der Waals surface area contributed by atoms with E-state index in [2.05, 4.69) is 9.93 Å². The first-order valence-electron chi connectivity index (χ1n) is 7.71. The first kappa shape index (κ1) is 21.1. The average molecular weight is 433 g/mol. The van der Waals surface area contributed by atoms with E-state index in [1.54, 1.807) is 12.1 Å². The van der Waals surface area contributed by atoms with Crippen LogP contribution >= 0.6 is 23.2 Å². The van der Waals surface area contributed by atoms with Gasteiger partial charge in [0.2, 0.25) is 0 Å². The van der Waals surface area contributed by atoms with Gasteiger partial charge in [-0.05, 0) is 36.8 Å². The maximum atomic E-state index is 12.4. The summed E-state index contributed by atoms with van der Waals surface area (Å²) < 4.78 is 40.3. The number of hydrogen-bond donors (Lipinski definition) is 1. The number of halogens is 2. The van der Waals surface area contributed by atoms with Crippen LogP contribution in [0.1, 0.15) is 12.5 Å². The molecule has 1 N–H and O–H groups in total. The molecule has 27 heavy (non-hydrogen) atoms. The molecule has 0 saturated heterocycles. The Labute approximate surface area is 167 Å². The van der Waals surface area contributed by atoms with Crippen LogP contribution in [0.25, 0.3) is 0 Å². The Kier molecular flexibility index (Phi) is 7.18. The summed E-state index contributed by atoms with van der Waals surface area (Å²) in [5.74, 6) is 1.07. The highest BCUT2D eigenvalue weighted by Gasteiger charge is 2.16. The molecule has 0 bridgehead atoms. The van der Waals surface area contributed by atoms with Crippen LogP contribution in [-0.4, -0.2) is 35.5 Å². The van der Waals surface area contributed by atoms with Crippen LogP contribution in [0.5, 0.6) is 17.2 Å². The summed E-state index contributed by atoms with van der Waals surface area (Å²) in [4.78, 5) is 2.09. The Bertz CT molecular complexity index is 925. The first-order chi connectivity index (χ1) is 12.8. The summed E-state index contributed by atoms with van der Waals surface area (Å²) in [6.07, 6.45) is 1.28. The van der Waals surface area contributed by atoms with E-state index in [0.29, 0.717) is 33.7 Å². The van der Waals surface area contributed by atoms with Gasteiger partial charge >= 0.3 is 0 Å². The van der Waals surface area contributed by atoms with Gasteiger partial charge in [-0.3, -0.25) is 0 Å². The summed E-state index contributed by atoms with van der Waals surface area (Å²) in [5.41, 5.74) is 0.503. The third-order valence-corrected chi connectivity index (χ3v) is 5.14. The van der Waals surface area contributed by atoms with Crippen LogP contribution in [0.15, 0.2) is 40.3 Å². The molecule has 0 atom stereocenters.